The monoisotopic (exact) mass is 342 g/mol. The van der Waals surface area contributed by atoms with Gasteiger partial charge in [-0.25, -0.2) is 0 Å². The molecule has 0 aliphatic carbocycles. The van der Waals surface area contributed by atoms with Gasteiger partial charge in [0, 0.05) is 30.2 Å². The van der Waals surface area contributed by atoms with E-state index in [-0.39, 0.29) is 12.0 Å². The molecule has 4 rings (SSSR count). The number of aryl methyl sites for hydroxylation is 1. The first kappa shape index (κ1) is 16.2. The number of hydrogen-bond donors (Lipinski definition) is 0. The van der Waals surface area contributed by atoms with Crippen LogP contribution in [0.4, 0.5) is 0 Å². The summed E-state index contributed by atoms with van der Waals surface area (Å²) >= 11 is 0. The molecule has 0 radical (unpaired) electrons. The quantitative estimate of drug-likeness (QED) is 0.620. The van der Waals surface area contributed by atoms with Gasteiger partial charge in [0.25, 0.3) is 0 Å². The lowest BCUT2D eigenvalue weighted by atomic mass is 9.89. The molecule has 0 unspecified atom stereocenters. The highest BCUT2D eigenvalue weighted by Gasteiger charge is 2.41. The smallest absolute Gasteiger partial charge is 0.314 e. The van der Waals surface area contributed by atoms with Crippen LogP contribution in [0.15, 0.2) is 30.4 Å². The Hall–Kier alpha value is -2.31. The van der Waals surface area contributed by atoms with Crippen LogP contribution in [0, 0.1) is 5.92 Å². The van der Waals surface area contributed by atoms with Crippen molar-refractivity contribution in [1.82, 2.24) is 9.63 Å². The van der Waals surface area contributed by atoms with E-state index in [0.29, 0.717) is 6.61 Å². The van der Waals surface area contributed by atoms with Crippen LogP contribution >= 0.6 is 0 Å². The highest BCUT2D eigenvalue weighted by Crippen LogP contribution is 2.42. The standard InChI is InChI=1S/C19H22N2O4/c1-20-16-7-6-12(23-2)11-15(16)13-8-9-21-18(17(13)20)14(19(22)24-3)5-4-10-25-21/h4-7,11,14,18H,8-10H2,1-3H3/t14-,18+/m1/s1. The Kier molecular flexibility index (Phi) is 4.01. The molecule has 132 valence electrons. The zero-order valence-corrected chi connectivity index (χ0v) is 14.7. The van der Waals surface area contributed by atoms with Gasteiger partial charge in [-0.2, -0.15) is 5.06 Å². The number of rotatable bonds is 2. The molecule has 2 aromatic rings. The molecule has 0 N–H and O–H groups in total. The summed E-state index contributed by atoms with van der Waals surface area (Å²) in [6, 6.07) is 5.91. The van der Waals surface area contributed by atoms with E-state index in [9.17, 15) is 4.79 Å². The average Bonchev–Trinajstić information content (AvgIpc) is 2.80. The van der Waals surface area contributed by atoms with Gasteiger partial charge < -0.3 is 14.0 Å². The third-order valence-corrected chi connectivity index (χ3v) is 5.23. The second-order valence-electron chi connectivity index (χ2n) is 6.41. The molecular formula is C19H22N2O4. The van der Waals surface area contributed by atoms with Crippen LogP contribution in [0.25, 0.3) is 10.9 Å². The molecule has 0 saturated carbocycles. The lowest BCUT2D eigenvalue weighted by molar-refractivity contribution is -0.194. The molecule has 2 aliphatic rings. The zero-order chi connectivity index (χ0) is 17.6. The topological polar surface area (TPSA) is 52.9 Å². The maximum absolute atomic E-state index is 12.4. The number of aromatic nitrogens is 1. The molecule has 0 amide bonds. The number of carbonyl (C=O) groups is 1. The van der Waals surface area contributed by atoms with Gasteiger partial charge in [-0.1, -0.05) is 12.2 Å². The lowest BCUT2D eigenvalue weighted by Crippen LogP contribution is -2.41. The molecular weight excluding hydrogens is 320 g/mol. The van der Waals surface area contributed by atoms with Gasteiger partial charge in [0.05, 0.1) is 32.8 Å². The molecule has 3 heterocycles. The summed E-state index contributed by atoms with van der Waals surface area (Å²) < 4.78 is 12.6. The molecule has 1 aromatic carbocycles. The number of ether oxygens (including phenoxy) is 2. The molecule has 0 bridgehead atoms. The van der Waals surface area contributed by atoms with Crippen molar-refractivity contribution in [3.8, 4) is 5.75 Å². The maximum atomic E-state index is 12.4. The lowest BCUT2D eigenvalue weighted by Gasteiger charge is -2.36. The van der Waals surface area contributed by atoms with E-state index in [4.69, 9.17) is 14.3 Å². The van der Waals surface area contributed by atoms with Gasteiger partial charge in [-0.15, -0.1) is 0 Å². The summed E-state index contributed by atoms with van der Waals surface area (Å²) in [5.41, 5.74) is 3.49. The maximum Gasteiger partial charge on any atom is 0.314 e. The second-order valence-corrected chi connectivity index (χ2v) is 6.41. The minimum Gasteiger partial charge on any atom is -0.497 e. The molecule has 2 atom stereocenters. The Labute approximate surface area is 146 Å². The van der Waals surface area contributed by atoms with E-state index in [1.165, 1.54) is 18.1 Å². The predicted molar refractivity (Wildman–Crippen MR) is 93.2 cm³/mol. The summed E-state index contributed by atoms with van der Waals surface area (Å²) in [7, 11) is 5.15. The summed E-state index contributed by atoms with van der Waals surface area (Å²) in [6.07, 6.45) is 4.67. The molecule has 2 aliphatic heterocycles. The van der Waals surface area contributed by atoms with Crippen molar-refractivity contribution < 1.29 is 19.1 Å². The molecule has 0 fully saturated rings. The summed E-state index contributed by atoms with van der Waals surface area (Å²) in [4.78, 5) is 18.3. The van der Waals surface area contributed by atoms with Crippen LogP contribution in [-0.2, 0) is 27.8 Å². The Morgan fingerprint density at radius 1 is 1.32 bits per heavy atom. The molecule has 6 nitrogen and oxygen atoms in total. The fourth-order valence-electron chi connectivity index (χ4n) is 4.07. The SMILES string of the molecule is COC(=O)[C@@H]1C=CCON2CCc3c(n(C)c4ccc(OC)cc34)[C@H]12. The Morgan fingerprint density at radius 2 is 2.16 bits per heavy atom. The van der Waals surface area contributed by atoms with Crippen LogP contribution < -0.4 is 4.74 Å². The van der Waals surface area contributed by atoms with Crippen LogP contribution in [0.3, 0.4) is 0 Å². The first-order valence-corrected chi connectivity index (χ1v) is 8.45. The first-order valence-electron chi connectivity index (χ1n) is 8.45. The van der Waals surface area contributed by atoms with E-state index in [1.807, 2.05) is 30.3 Å². The van der Waals surface area contributed by atoms with Gasteiger partial charge in [-0.05, 0) is 30.2 Å². The minimum absolute atomic E-state index is 0.196. The van der Waals surface area contributed by atoms with E-state index in [0.717, 1.165) is 29.9 Å². The van der Waals surface area contributed by atoms with Crippen molar-refractivity contribution >= 4 is 16.9 Å². The van der Waals surface area contributed by atoms with E-state index in [1.54, 1.807) is 7.11 Å². The van der Waals surface area contributed by atoms with E-state index < -0.39 is 5.92 Å². The average molecular weight is 342 g/mol. The number of fused-ring (bicyclic) bond motifs is 5. The number of esters is 1. The highest BCUT2D eigenvalue weighted by atomic mass is 16.7. The number of carbonyl (C=O) groups excluding carboxylic acids is 1. The molecule has 0 saturated heterocycles. The van der Waals surface area contributed by atoms with Crippen molar-refractivity contribution in [2.75, 3.05) is 27.4 Å². The van der Waals surface area contributed by atoms with Crippen molar-refractivity contribution in [3.05, 3.63) is 41.6 Å². The minimum atomic E-state index is -0.392. The Balaban J connectivity index is 1.93. The fraction of sp³-hybridized carbons (Fsp3) is 0.421. The van der Waals surface area contributed by atoms with Crippen LogP contribution in [0.5, 0.6) is 5.75 Å². The van der Waals surface area contributed by atoms with Gasteiger partial charge >= 0.3 is 5.97 Å². The predicted octanol–water partition coefficient (Wildman–Crippen LogP) is 2.38. The Morgan fingerprint density at radius 3 is 2.92 bits per heavy atom. The zero-order valence-electron chi connectivity index (χ0n) is 14.7. The number of hydrogen-bond acceptors (Lipinski definition) is 5. The van der Waals surface area contributed by atoms with Crippen LogP contribution in [0.2, 0.25) is 0 Å². The molecule has 6 heteroatoms. The third kappa shape index (κ3) is 2.44. The van der Waals surface area contributed by atoms with Gasteiger partial charge in [-0.3, -0.25) is 9.63 Å². The summed E-state index contributed by atoms with van der Waals surface area (Å²) in [6.45, 7) is 1.21. The third-order valence-electron chi connectivity index (χ3n) is 5.23. The van der Waals surface area contributed by atoms with Crippen molar-refractivity contribution in [2.24, 2.45) is 13.0 Å². The molecule has 0 spiro atoms. The number of methoxy groups -OCH3 is 2. The van der Waals surface area contributed by atoms with Gasteiger partial charge in [0.2, 0.25) is 0 Å². The van der Waals surface area contributed by atoms with E-state index >= 15 is 0 Å². The Bertz CT molecular complexity index is 855. The van der Waals surface area contributed by atoms with E-state index in [2.05, 4.69) is 16.7 Å². The molecule has 25 heavy (non-hydrogen) atoms. The van der Waals surface area contributed by atoms with Crippen LogP contribution in [-0.4, -0.2) is 43.0 Å². The van der Waals surface area contributed by atoms with Gasteiger partial charge in [0.1, 0.15) is 5.75 Å². The summed E-state index contributed by atoms with van der Waals surface area (Å²) in [5.74, 6) is 0.203. The normalized spacial score (nSPS) is 23.0. The summed E-state index contributed by atoms with van der Waals surface area (Å²) in [5, 5.41) is 3.10. The van der Waals surface area contributed by atoms with Crippen molar-refractivity contribution in [1.29, 1.82) is 0 Å². The van der Waals surface area contributed by atoms with Gasteiger partial charge in [0.15, 0.2) is 0 Å². The number of nitrogens with zero attached hydrogens (tertiary/aromatic N) is 2. The largest absolute Gasteiger partial charge is 0.497 e. The number of benzene rings is 1. The molecule has 1 aromatic heterocycles. The van der Waals surface area contributed by atoms with Crippen LogP contribution in [0.1, 0.15) is 17.3 Å². The van der Waals surface area contributed by atoms with Crippen molar-refractivity contribution in [2.45, 2.75) is 12.5 Å². The van der Waals surface area contributed by atoms with Crippen molar-refractivity contribution in [3.63, 3.8) is 0 Å². The fourth-order valence-corrected chi connectivity index (χ4v) is 4.07. The number of hydroxylamine groups is 2. The second kappa shape index (κ2) is 6.20. The highest BCUT2D eigenvalue weighted by molar-refractivity contribution is 5.88. The first-order chi connectivity index (χ1) is 12.2.